The normalized spacial score (nSPS) is 12.1. The first-order chi connectivity index (χ1) is 7.70. The van der Waals surface area contributed by atoms with Crippen molar-refractivity contribution in [3.05, 3.63) is 23.7 Å². The highest BCUT2D eigenvalue weighted by atomic mass is 15.0. The van der Waals surface area contributed by atoms with Crippen LogP contribution in [0.5, 0.6) is 0 Å². The summed E-state index contributed by atoms with van der Waals surface area (Å²) in [6.45, 7) is 10.3. The van der Waals surface area contributed by atoms with Gasteiger partial charge < -0.3 is 4.98 Å². The number of hydrogen-bond donors (Lipinski definition) is 1. The van der Waals surface area contributed by atoms with Gasteiger partial charge in [0.05, 0.1) is 5.52 Å². The Morgan fingerprint density at radius 3 is 2.56 bits per heavy atom. The fraction of sp³-hybridized carbons (Fsp3) is 0.538. The number of rotatable bonds is 2. The average molecular weight is 219 g/mol. The van der Waals surface area contributed by atoms with Crippen molar-refractivity contribution >= 4 is 11.2 Å². The lowest BCUT2D eigenvalue weighted by Gasteiger charge is -2.06. The standard InChI is InChI=1S/C11H15N3.C2H6/c1-4-7(2)9-5-6-10-11(14-9)13-8(3)12-10;1-2/h5-7H,4H2,1-3H3,(H,12,13,14);1-2H3. The summed E-state index contributed by atoms with van der Waals surface area (Å²) in [6.07, 6.45) is 1.11. The minimum atomic E-state index is 0.511. The number of imidazole rings is 1. The van der Waals surface area contributed by atoms with E-state index in [-0.39, 0.29) is 0 Å². The molecule has 2 rings (SSSR count). The summed E-state index contributed by atoms with van der Waals surface area (Å²) in [7, 11) is 0. The minimum Gasteiger partial charge on any atom is -0.341 e. The van der Waals surface area contributed by atoms with Crippen molar-refractivity contribution in [1.82, 2.24) is 15.0 Å². The van der Waals surface area contributed by atoms with Crippen LogP contribution in [0.3, 0.4) is 0 Å². The van der Waals surface area contributed by atoms with E-state index in [2.05, 4.69) is 40.9 Å². The molecule has 0 bridgehead atoms. The lowest BCUT2D eigenvalue weighted by Crippen LogP contribution is -1.95. The van der Waals surface area contributed by atoms with Gasteiger partial charge in [0.25, 0.3) is 0 Å². The van der Waals surface area contributed by atoms with Crippen LogP contribution < -0.4 is 0 Å². The Balaban J connectivity index is 0.000000606. The highest BCUT2D eigenvalue weighted by molar-refractivity contribution is 5.70. The molecule has 0 aliphatic heterocycles. The third-order valence-corrected chi connectivity index (χ3v) is 2.60. The van der Waals surface area contributed by atoms with E-state index in [0.717, 1.165) is 29.1 Å². The molecule has 16 heavy (non-hydrogen) atoms. The van der Waals surface area contributed by atoms with Crippen molar-refractivity contribution in [2.24, 2.45) is 0 Å². The van der Waals surface area contributed by atoms with Gasteiger partial charge in [-0.1, -0.05) is 27.7 Å². The molecule has 0 fully saturated rings. The molecule has 1 unspecified atom stereocenters. The second kappa shape index (κ2) is 5.64. The highest BCUT2D eigenvalue weighted by Crippen LogP contribution is 2.18. The zero-order valence-electron chi connectivity index (χ0n) is 10.8. The Bertz CT molecular complexity index is 445. The third kappa shape index (κ3) is 2.60. The van der Waals surface area contributed by atoms with Crippen LogP contribution in [0.4, 0.5) is 0 Å². The molecule has 0 aliphatic carbocycles. The molecule has 0 saturated carbocycles. The molecule has 2 heterocycles. The van der Waals surface area contributed by atoms with Gasteiger partial charge in [0, 0.05) is 5.69 Å². The topological polar surface area (TPSA) is 41.6 Å². The number of hydrogen-bond acceptors (Lipinski definition) is 2. The first-order valence-corrected chi connectivity index (χ1v) is 6.04. The number of aryl methyl sites for hydroxylation is 1. The Hall–Kier alpha value is -1.38. The highest BCUT2D eigenvalue weighted by Gasteiger charge is 2.07. The van der Waals surface area contributed by atoms with Gasteiger partial charge in [-0.05, 0) is 31.4 Å². The van der Waals surface area contributed by atoms with E-state index in [1.165, 1.54) is 0 Å². The first kappa shape index (κ1) is 12.7. The number of aromatic nitrogens is 3. The van der Waals surface area contributed by atoms with Crippen LogP contribution in [0.2, 0.25) is 0 Å². The lowest BCUT2D eigenvalue weighted by atomic mass is 10.0. The predicted molar refractivity (Wildman–Crippen MR) is 68.7 cm³/mol. The van der Waals surface area contributed by atoms with Gasteiger partial charge in [-0.3, -0.25) is 0 Å². The van der Waals surface area contributed by atoms with E-state index >= 15 is 0 Å². The van der Waals surface area contributed by atoms with E-state index in [4.69, 9.17) is 0 Å². The van der Waals surface area contributed by atoms with Crippen LogP contribution in [0.15, 0.2) is 12.1 Å². The van der Waals surface area contributed by atoms with E-state index in [1.807, 2.05) is 20.8 Å². The summed E-state index contributed by atoms with van der Waals surface area (Å²) >= 11 is 0. The molecule has 0 spiro atoms. The maximum absolute atomic E-state index is 4.52. The molecule has 88 valence electrons. The summed E-state index contributed by atoms with van der Waals surface area (Å²) in [5, 5.41) is 0. The van der Waals surface area contributed by atoms with Crippen LogP contribution in [0.25, 0.3) is 11.2 Å². The van der Waals surface area contributed by atoms with E-state index in [0.29, 0.717) is 5.92 Å². The second-order valence-corrected chi connectivity index (χ2v) is 3.74. The van der Waals surface area contributed by atoms with Gasteiger partial charge in [-0.25, -0.2) is 9.97 Å². The number of nitrogens with one attached hydrogen (secondary N) is 1. The van der Waals surface area contributed by atoms with Gasteiger partial charge in [0.2, 0.25) is 0 Å². The summed E-state index contributed by atoms with van der Waals surface area (Å²) in [4.78, 5) is 12.0. The quantitative estimate of drug-likeness (QED) is 0.834. The molecule has 3 nitrogen and oxygen atoms in total. The van der Waals surface area contributed by atoms with Gasteiger partial charge in [-0.2, -0.15) is 0 Å². The average Bonchev–Trinajstić information content (AvgIpc) is 2.69. The molecular weight excluding hydrogens is 198 g/mol. The van der Waals surface area contributed by atoms with Crippen LogP contribution in [0.1, 0.15) is 51.6 Å². The van der Waals surface area contributed by atoms with Crippen LogP contribution in [-0.4, -0.2) is 15.0 Å². The fourth-order valence-corrected chi connectivity index (χ4v) is 1.51. The van der Waals surface area contributed by atoms with Crippen molar-refractivity contribution in [2.75, 3.05) is 0 Å². The molecule has 2 aromatic rings. The number of aromatic amines is 1. The molecule has 1 N–H and O–H groups in total. The van der Waals surface area contributed by atoms with Crippen LogP contribution >= 0.6 is 0 Å². The zero-order chi connectivity index (χ0) is 12.1. The van der Waals surface area contributed by atoms with Gasteiger partial charge >= 0.3 is 0 Å². The number of H-pyrrole nitrogens is 1. The van der Waals surface area contributed by atoms with Crippen molar-refractivity contribution in [3.63, 3.8) is 0 Å². The fourth-order valence-electron chi connectivity index (χ4n) is 1.51. The summed E-state index contributed by atoms with van der Waals surface area (Å²) in [6, 6.07) is 4.14. The van der Waals surface area contributed by atoms with Gasteiger partial charge in [-0.15, -0.1) is 0 Å². The van der Waals surface area contributed by atoms with E-state index in [9.17, 15) is 0 Å². The maximum Gasteiger partial charge on any atom is 0.177 e. The molecule has 3 heteroatoms. The van der Waals surface area contributed by atoms with Crippen molar-refractivity contribution in [3.8, 4) is 0 Å². The Labute approximate surface area is 97.3 Å². The van der Waals surface area contributed by atoms with Crippen LogP contribution in [0, 0.1) is 6.92 Å². The smallest absolute Gasteiger partial charge is 0.177 e. The second-order valence-electron chi connectivity index (χ2n) is 3.74. The number of pyridine rings is 1. The molecule has 0 saturated heterocycles. The molecule has 0 aromatic carbocycles. The van der Waals surface area contributed by atoms with E-state index < -0.39 is 0 Å². The minimum absolute atomic E-state index is 0.511. The molecule has 0 aliphatic rings. The molecule has 0 radical (unpaired) electrons. The van der Waals surface area contributed by atoms with Crippen LogP contribution in [-0.2, 0) is 0 Å². The molecular formula is C13H21N3. The van der Waals surface area contributed by atoms with Gasteiger partial charge in [0.15, 0.2) is 5.65 Å². The SMILES string of the molecule is CC.CCC(C)c1ccc2[nH]c(C)nc2n1. The number of fused-ring (bicyclic) bond motifs is 1. The Morgan fingerprint density at radius 2 is 1.94 bits per heavy atom. The molecule has 0 amide bonds. The monoisotopic (exact) mass is 219 g/mol. The Kier molecular flexibility index (Phi) is 4.47. The Morgan fingerprint density at radius 1 is 1.25 bits per heavy atom. The summed E-state index contributed by atoms with van der Waals surface area (Å²) in [5.41, 5.74) is 2.99. The molecule has 1 atom stereocenters. The summed E-state index contributed by atoms with van der Waals surface area (Å²) in [5.74, 6) is 1.44. The largest absolute Gasteiger partial charge is 0.341 e. The maximum atomic E-state index is 4.52. The first-order valence-electron chi connectivity index (χ1n) is 6.04. The third-order valence-electron chi connectivity index (χ3n) is 2.60. The van der Waals surface area contributed by atoms with Crippen molar-refractivity contribution < 1.29 is 0 Å². The number of nitrogens with zero attached hydrogens (tertiary/aromatic N) is 2. The van der Waals surface area contributed by atoms with E-state index in [1.54, 1.807) is 0 Å². The van der Waals surface area contributed by atoms with Crippen molar-refractivity contribution in [2.45, 2.75) is 47.0 Å². The van der Waals surface area contributed by atoms with Gasteiger partial charge in [0.1, 0.15) is 5.82 Å². The van der Waals surface area contributed by atoms with Crippen molar-refractivity contribution in [1.29, 1.82) is 0 Å². The predicted octanol–water partition coefficient (Wildman–Crippen LogP) is 3.81. The lowest BCUT2D eigenvalue weighted by molar-refractivity contribution is 0.711. The molecule has 2 aromatic heterocycles. The zero-order valence-corrected chi connectivity index (χ0v) is 10.8. The summed E-state index contributed by atoms with van der Waals surface area (Å²) < 4.78 is 0.